The summed E-state index contributed by atoms with van der Waals surface area (Å²) in [6.45, 7) is 0.345. The van der Waals surface area contributed by atoms with Crippen molar-refractivity contribution in [1.29, 1.82) is 0 Å². The first-order valence-electron chi connectivity index (χ1n) is 7.46. The second-order valence-electron chi connectivity index (χ2n) is 5.10. The Kier molecular flexibility index (Phi) is 6.19. The van der Waals surface area contributed by atoms with Gasteiger partial charge in [-0.1, -0.05) is 18.2 Å². The molecule has 6 heteroatoms. The third-order valence-electron chi connectivity index (χ3n) is 3.26. The van der Waals surface area contributed by atoms with Gasteiger partial charge in [0.2, 0.25) is 5.91 Å². The van der Waals surface area contributed by atoms with Gasteiger partial charge in [0.1, 0.15) is 17.2 Å². The van der Waals surface area contributed by atoms with Gasteiger partial charge in [-0.15, -0.1) is 0 Å². The fourth-order valence-corrected chi connectivity index (χ4v) is 1.99. The zero-order valence-electron chi connectivity index (χ0n) is 13.3. The number of carboxylic acids is 1. The minimum absolute atomic E-state index is 0.0215. The molecule has 2 rings (SSSR count). The highest BCUT2D eigenvalue weighted by molar-refractivity contribution is 5.80. The SMILES string of the molecule is COc1cccc(Oc2ccc(CNC(=O)CCC(=O)O)cc2)c1. The first-order chi connectivity index (χ1) is 11.6. The second-order valence-corrected chi connectivity index (χ2v) is 5.10. The van der Waals surface area contributed by atoms with Gasteiger partial charge in [-0.25, -0.2) is 0 Å². The smallest absolute Gasteiger partial charge is 0.303 e. The molecule has 0 radical (unpaired) electrons. The average molecular weight is 329 g/mol. The van der Waals surface area contributed by atoms with Gasteiger partial charge in [0.15, 0.2) is 0 Å². The van der Waals surface area contributed by atoms with Crippen molar-refractivity contribution >= 4 is 11.9 Å². The fraction of sp³-hybridized carbons (Fsp3) is 0.222. The number of methoxy groups -OCH3 is 1. The molecule has 0 bridgehead atoms. The van der Waals surface area contributed by atoms with Crippen LogP contribution < -0.4 is 14.8 Å². The molecule has 0 unspecified atom stereocenters. The molecule has 0 saturated heterocycles. The van der Waals surface area contributed by atoms with E-state index in [0.717, 1.165) is 5.56 Å². The lowest BCUT2D eigenvalue weighted by Gasteiger charge is -2.09. The van der Waals surface area contributed by atoms with Crippen LogP contribution in [-0.2, 0) is 16.1 Å². The molecule has 0 aromatic heterocycles. The highest BCUT2D eigenvalue weighted by atomic mass is 16.5. The number of rotatable bonds is 8. The van der Waals surface area contributed by atoms with Crippen LogP contribution >= 0.6 is 0 Å². The van der Waals surface area contributed by atoms with E-state index < -0.39 is 5.97 Å². The van der Waals surface area contributed by atoms with E-state index in [-0.39, 0.29) is 18.7 Å². The van der Waals surface area contributed by atoms with Crippen molar-refractivity contribution < 1.29 is 24.2 Å². The number of ether oxygens (including phenoxy) is 2. The number of carbonyl (C=O) groups excluding carboxylic acids is 1. The number of nitrogens with one attached hydrogen (secondary N) is 1. The van der Waals surface area contributed by atoms with Gasteiger partial charge in [-0.05, 0) is 29.8 Å². The summed E-state index contributed by atoms with van der Waals surface area (Å²) in [5, 5.41) is 11.2. The highest BCUT2D eigenvalue weighted by Gasteiger charge is 2.05. The Morgan fingerprint density at radius 1 is 1.00 bits per heavy atom. The van der Waals surface area contributed by atoms with E-state index in [9.17, 15) is 9.59 Å². The van der Waals surface area contributed by atoms with E-state index in [1.807, 2.05) is 30.3 Å². The van der Waals surface area contributed by atoms with Crippen molar-refractivity contribution in [2.45, 2.75) is 19.4 Å². The molecule has 2 aromatic rings. The molecule has 0 aliphatic rings. The van der Waals surface area contributed by atoms with Crippen LogP contribution in [0.5, 0.6) is 17.2 Å². The maximum Gasteiger partial charge on any atom is 0.303 e. The number of carboxylic acid groups (broad SMARTS) is 1. The Labute approximate surface area is 140 Å². The minimum Gasteiger partial charge on any atom is -0.497 e. The van der Waals surface area contributed by atoms with E-state index in [2.05, 4.69) is 5.32 Å². The van der Waals surface area contributed by atoms with Gasteiger partial charge < -0.3 is 19.9 Å². The third-order valence-corrected chi connectivity index (χ3v) is 3.26. The Bertz CT molecular complexity index is 697. The summed E-state index contributed by atoms with van der Waals surface area (Å²) in [6, 6.07) is 14.6. The van der Waals surface area contributed by atoms with Gasteiger partial charge >= 0.3 is 5.97 Å². The van der Waals surface area contributed by atoms with Crippen LogP contribution in [0.1, 0.15) is 18.4 Å². The molecule has 0 fully saturated rings. The van der Waals surface area contributed by atoms with Crippen molar-refractivity contribution in [3.05, 3.63) is 54.1 Å². The topological polar surface area (TPSA) is 84.9 Å². The van der Waals surface area contributed by atoms with Crippen LogP contribution in [0.2, 0.25) is 0 Å². The molecule has 2 aromatic carbocycles. The number of aliphatic carboxylic acids is 1. The molecule has 0 spiro atoms. The standard InChI is InChI=1S/C18H19NO5/c1-23-15-3-2-4-16(11-15)24-14-7-5-13(6-8-14)12-19-17(20)9-10-18(21)22/h2-8,11H,9-10,12H2,1H3,(H,19,20)(H,21,22). The van der Waals surface area contributed by atoms with Crippen LogP contribution in [0.4, 0.5) is 0 Å². The molecule has 126 valence electrons. The molecule has 0 aliphatic carbocycles. The summed E-state index contributed by atoms with van der Waals surface area (Å²) in [6.07, 6.45) is -0.189. The van der Waals surface area contributed by atoms with E-state index in [0.29, 0.717) is 23.8 Å². The lowest BCUT2D eigenvalue weighted by atomic mass is 10.2. The lowest BCUT2D eigenvalue weighted by molar-refractivity contribution is -0.138. The van der Waals surface area contributed by atoms with Gasteiger partial charge in [-0.3, -0.25) is 9.59 Å². The number of carbonyl (C=O) groups is 2. The fourth-order valence-electron chi connectivity index (χ4n) is 1.99. The van der Waals surface area contributed by atoms with Crippen LogP contribution in [0.15, 0.2) is 48.5 Å². The van der Waals surface area contributed by atoms with E-state index >= 15 is 0 Å². The second kappa shape index (κ2) is 8.57. The summed E-state index contributed by atoms with van der Waals surface area (Å²) in [5.74, 6) is 0.791. The van der Waals surface area contributed by atoms with Crippen LogP contribution in [0.3, 0.4) is 0 Å². The monoisotopic (exact) mass is 329 g/mol. The Morgan fingerprint density at radius 3 is 2.38 bits per heavy atom. The zero-order chi connectivity index (χ0) is 17.4. The largest absolute Gasteiger partial charge is 0.497 e. The Morgan fingerprint density at radius 2 is 1.71 bits per heavy atom. The van der Waals surface area contributed by atoms with Crippen molar-refractivity contribution in [3.63, 3.8) is 0 Å². The normalized spacial score (nSPS) is 10.0. The van der Waals surface area contributed by atoms with Gasteiger partial charge in [-0.2, -0.15) is 0 Å². The zero-order valence-corrected chi connectivity index (χ0v) is 13.3. The summed E-state index contributed by atoms with van der Waals surface area (Å²) >= 11 is 0. The molecule has 6 nitrogen and oxygen atoms in total. The Hall–Kier alpha value is -3.02. The van der Waals surface area contributed by atoms with Crippen LogP contribution in [0, 0.1) is 0 Å². The maximum atomic E-state index is 11.5. The highest BCUT2D eigenvalue weighted by Crippen LogP contribution is 2.25. The summed E-state index contributed by atoms with van der Waals surface area (Å²) < 4.78 is 10.9. The predicted octanol–water partition coefficient (Wildman–Crippen LogP) is 2.97. The van der Waals surface area contributed by atoms with E-state index in [4.69, 9.17) is 14.6 Å². The molecule has 2 N–H and O–H groups in total. The summed E-state index contributed by atoms with van der Waals surface area (Å²) in [5.41, 5.74) is 0.900. The Balaban J connectivity index is 1.86. The average Bonchev–Trinajstić information content (AvgIpc) is 2.59. The quantitative estimate of drug-likeness (QED) is 0.778. The number of hydrogen-bond acceptors (Lipinski definition) is 4. The number of amides is 1. The van der Waals surface area contributed by atoms with Crippen LogP contribution in [-0.4, -0.2) is 24.1 Å². The minimum atomic E-state index is -0.982. The van der Waals surface area contributed by atoms with E-state index in [1.165, 1.54) is 0 Å². The van der Waals surface area contributed by atoms with Crippen molar-refractivity contribution in [2.75, 3.05) is 7.11 Å². The summed E-state index contributed by atoms with van der Waals surface area (Å²) in [4.78, 5) is 21.9. The molecule has 1 amide bonds. The van der Waals surface area contributed by atoms with Gasteiger partial charge in [0, 0.05) is 19.0 Å². The van der Waals surface area contributed by atoms with Gasteiger partial charge in [0.05, 0.1) is 13.5 Å². The van der Waals surface area contributed by atoms with Crippen molar-refractivity contribution in [3.8, 4) is 17.2 Å². The van der Waals surface area contributed by atoms with Crippen molar-refractivity contribution in [1.82, 2.24) is 5.32 Å². The lowest BCUT2D eigenvalue weighted by Crippen LogP contribution is -2.23. The first-order valence-corrected chi connectivity index (χ1v) is 7.46. The first kappa shape index (κ1) is 17.3. The van der Waals surface area contributed by atoms with Crippen molar-refractivity contribution in [2.24, 2.45) is 0 Å². The molecule has 0 heterocycles. The van der Waals surface area contributed by atoms with E-state index in [1.54, 1.807) is 25.3 Å². The molecular formula is C18H19NO5. The molecular weight excluding hydrogens is 310 g/mol. The maximum absolute atomic E-state index is 11.5. The molecule has 24 heavy (non-hydrogen) atoms. The molecule has 0 atom stereocenters. The number of hydrogen-bond donors (Lipinski definition) is 2. The summed E-state index contributed by atoms with van der Waals surface area (Å²) in [7, 11) is 1.60. The van der Waals surface area contributed by atoms with Gasteiger partial charge in [0.25, 0.3) is 0 Å². The predicted molar refractivity (Wildman–Crippen MR) is 88.2 cm³/mol. The number of benzene rings is 2. The van der Waals surface area contributed by atoms with Crippen LogP contribution in [0.25, 0.3) is 0 Å². The molecule has 0 aliphatic heterocycles. The molecule has 0 saturated carbocycles. The third kappa shape index (κ3) is 5.64.